The van der Waals surface area contributed by atoms with Gasteiger partial charge in [0.2, 0.25) is 0 Å². The number of anilines is 1. The molecule has 2 heterocycles. The van der Waals surface area contributed by atoms with Gasteiger partial charge in [-0.2, -0.15) is 4.98 Å². The molecule has 106 valence electrons. The van der Waals surface area contributed by atoms with E-state index >= 15 is 0 Å². The third-order valence-corrected chi connectivity index (χ3v) is 3.62. The number of aliphatic hydroxyl groups is 3. The van der Waals surface area contributed by atoms with Crippen LogP contribution in [0.3, 0.4) is 0 Å². The van der Waals surface area contributed by atoms with Gasteiger partial charge in [0.25, 0.3) is 0 Å². The van der Waals surface area contributed by atoms with Crippen LogP contribution in [0, 0.1) is 5.41 Å². The van der Waals surface area contributed by atoms with E-state index in [-0.39, 0.29) is 19.0 Å². The number of aromatic nitrogens is 2. The van der Waals surface area contributed by atoms with E-state index < -0.39 is 29.5 Å². The van der Waals surface area contributed by atoms with E-state index in [2.05, 4.69) is 4.98 Å². The SMILES string of the molecule is C[C@@]1(CO)[C@@H](CO)OC(n2ccc(N)nc2=O)[C@@H]1O. The van der Waals surface area contributed by atoms with Gasteiger partial charge in [-0.15, -0.1) is 0 Å². The quantitative estimate of drug-likeness (QED) is 0.503. The van der Waals surface area contributed by atoms with Crippen LogP contribution in [0.1, 0.15) is 13.2 Å². The smallest absolute Gasteiger partial charge is 0.351 e. The number of nitrogens with two attached hydrogens (primary N) is 1. The van der Waals surface area contributed by atoms with Crippen LogP contribution in [-0.4, -0.2) is 50.3 Å². The molecule has 1 aromatic heterocycles. The molecule has 1 aromatic rings. The average molecular weight is 271 g/mol. The van der Waals surface area contributed by atoms with Crippen molar-refractivity contribution in [1.82, 2.24) is 9.55 Å². The molecule has 0 aliphatic carbocycles. The highest BCUT2D eigenvalue weighted by molar-refractivity contribution is 5.23. The molecule has 0 radical (unpaired) electrons. The maximum Gasteiger partial charge on any atom is 0.351 e. The Kier molecular flexibility index (Phi) is 3.59. The number of nitrogen functional groups attached to an aromatic ring is 1. The van der Waals surface area contributed by atoms with Gasteiger partial charge in [0.15, 0.2) is 6.23 Å². The fourth-order valence-electron chi connectivity index (χ4n) is 2.20. The molecule has 19 heavy (non-hydrogen) atoms. The Balaban J connectivity index is 2.39. The van der Waals surface area contributed by atoms with Gasteiger partial charge in [-0.3, -0.25) is 4.57 Å². The first-order chi connectivity index (χ1) is 8.93. The fraction of sp³-hybridized carbons (Fsp3) is 0.636. The summed E-state index contributed by atoms with van der Waals surface area (Å²) in [6.45, 7) is 0.823. The van der Waals surface area contributed by atoms with Gasteiger partial charge >= 0.3 is 5.69 Å². The molecule has 0 aromatic carbocycles. The van der Waals surface area contributed by atoms with E-state index in [1.54, 1.807) is 6.92 Å². The Morgan fingerprint density at radius 2 is 2.26 bits per heavy atom. The van der Waals surface area contributed by atoms with Crippen molar-refractivity contribution in [2.75, 3.05) is 18.9 Å². The van der Waals surface area contributed by atoms with Crippen molar-refractivity contribution in [3.63, 3.8) is 0 Å². The molecule has 1 fully saturated rings. The van der Waals surface area contributed by atoms with Gasteiger partial charge in [-0.05, 0) is 6.07 Å². The summed E-state index contributed by atoms with van der Waals surface area (Å²) in [6, 6.07) is 1.40. The summed E-state index contributed by atoms with van der Waals surface area (Å²) in [7, 11) is 0. The Labute approximate surface area is 109 Å². The molecule has 1 unspecified atom stereocenters. The van der Waals surface area contributed by atoms with Crippen LogP contribution in [-0.2, 0) is 4.74 Å². The van der Waals surface area contributed by atoms with E-state index in [1.807, 2.05) is 0 Å². The van der Waals surface area contributed by atoms with Crippen LogP contribution in [0.5, 0.6) is 0 Å². The van der Waals surface area contributed by atoms with E-state index in [9.17, 15) is 20.1 Å². The summed E-state index contributed by atoms with van der Waals surface area (Å²) in [5.41, 5.74) is 3.67. The summed E-state index contributed by atoms with van der Waals surface area (Å²) in [5, 5.41) is 28.9. The molecule has 0 bridgehead atoms. The maximum atomic E-state index is 11.7. The Morgan fingerprint density at radius 3 is 2.74 bits per heavy atom. The van der Waals surface area contributed by atoms with Crippen molar-refractivity contribution >= 4 is 5.82 Å². The Hall–Kier alpha value is -1.48. The molecule has 0 saturated carbocycles. The zero-order valence-electron chi connectivity index (χ0n) is 10.4. The Bertz CT molecular complexity index is 519. The minimum absolute atomic E-state index is 0.0670. The monoisotopic (exact) mass is 271 g/mol. The van der Waals surface area contributed by atoms with Gasteiger partial charge in [-0.25, -0.2) is 4.79 Å². The minimum atomic E-state index is -1.15. The zero-order valence-corrected chi connectivity index (χ0v) is 10.4. The number of ether oxygens (including phenoxy) is 1. The van der Waals surface area contributed by atoms with Gasteiger partial charge in [0, 0.05) is 11.6 Å². The molecule has 1 aliphatic heterocycles. The number of hydrogen-bond acceptors (Lipinski definition) is 7. The molecule has 1 aliphatic rings. The standard InChI is InChI=1S/C11H17N3O5/c1-11(5-16)6(4-15)19-9(8(11)17)14-3-2-7(12)13-10(14)18/h2-3,6,8-9,15-17H,4-5H2,1H3,(H2,12,13,18)/t6-,8+,9?,11-/m1/s1. The first-order valence-corrected chi connectivity index (χ1v) is 5.84. The average Bonchev–Trinajstić information content (AvgIpc) is 2.63. The van der Waals surface area contributed by atoms with Gasteiger partial charge < -0.3 is 25.8 Å². The van der Waals surface area contributed by atoms with Crippen LogP contribution < -0.4 is 11.4 Å². The number of rotatable bonds is 3. The lowest BCUT2D eigenvalue weighted by Crippen LogP contribution is -2.43. The van der Waals surface area contributed by atoms with Crippen molar-refractivity contribution in [2.45, 2.75) is 25.4 Å². The second-order valence-corrected chi connectivity index (χ2v) is 4.85. The van der Waals surface area contributed by atoms with Crippen LogP contribution in [0.25, 0.3) is 0 Å². The highest BCUT2D eigenvalue weighted by Crippen LogP contribution is 2.42. The molecule has 1 saturated heterocycles. The first kappa shape index (κ1) is 13.9. The van der Waals surface area contributed by atoms with Crippen molar-refractivity contribution in [3.05, 3.63) is 22.7 Å². The fourth-order valence-corrected chi connectivity index (χ4v) is 2.20. The lowest BCUT2D eigenvalue weighted by atomic mass is 9.81. The van der Waals surface area contributed by atoms with E-state index in [1.165, 1.54) is 12.3 Å². The molecule has 0 amide bonds. The third-order valence-electron chi connectivity index (χ3n) is 3.62. The molecule has 4 atom stereocenters. The van der Waals surface area contributed by atoms with Crippen molar-refractivity contribution in [2.24, 2.45) is 5.41 Å². The molecular formula is C11H17N3O5. The number of aliphatic hydroxyl groups excluding tert-OH is 3. The molecule has 8 nitrogen and oxygen atoms in total. The lowest BCUT2D eigenvalue weighted by molar-refractivity contribution is -0.0571. The highest BCUT2D eigenvalue weighted by atomic mass is 16.5. The largest absolute Gasteiger partial charge is 0.396 e. The summed E-state index contributed by atoms with van der Waals surface area (Å²) in [5.74, 6) is 0.0670. The predicted octanol–water partition coefficient (Wildman–Crippen LogP) is -1.93. The Morgan fingerprint density at radius 1 is 1.58 bits per heavy atom. The van der Waals surface area contributed by atoms with Crippen molar-refractivity contribution in [1.29, 1.82) is 0 Å². The molecular weight excluding hydrogens is 254 g/mol. The first-order valence-electron chi connectivity index (χ1n) is 5.84. The van der Waals surface area contributed by atoms with Crippen LogP contribution in [0.2, 0.25) is 0 Å². The topological polar surface area (TPSA) is 131 Å². The third kappa shape index (κ3) is 2.12. The normalized spacial score (nSPS) is 34.6. The number of hydrogen-bond donors (Lipinski definition) is 4. The molecule has 0 spiro atoms. The minimum Gasteiger partial charge on any atom is -0.396 e. The zero-order chi connectivity index (χ0) is 14.2. The highest BCUT2D eigenvalue weighted by Gasteiger charge is 2.53. The maximum absolute atomic E-state index is 11.7. The molecule has 2 rings (SSSR count). The van der Waals surface area contributed by atoms with Crippen molar-refractivity contribution in [3.8, 4) is 0 Å². The second-order valence-electron chi connectivity index (χ2n) is 4.85. The van der Waals surface area contributed by atoms with Gasteiger partial charge in [0.1, 0.15) is 11.9 Å². The van der Waals surface area contributed by atoms with E-state index in [4.69, 9.17) is 10.5 Å². The summed E-state index contributed by atoms with van der Waals surface area (Å²) >= 11 is 0. The van der Waals surface area contributed by atoms with Gasteiger partial charge in [-0.1, -0.05) is 6.92 Å². The van der Waals surface area contributed by atoms with E-state index in [0.717, 1.165) is 4.57 Å². The van der Waals surface area contributed by atoms with Crippen LogP contribution >= 0.6 is 0 Å². The summed E-state index contributed by atoms with van der Waals surface area (Å²) < 4.78 is 6.55. The lowest BCUT2D eigenvalue weighted by Gasteiger charge is -2.29. The van der Waals surface area contributed by atoms with Crippen molar-refractivity contribution < 1.29 is 20.1 Å². The number of nitrogens with zero attached hydrogens (tertiary/aromatic N) is 2. The summed E-state index contributed by atoms with van der Waals surface area (Å²) in [4.78, 5) is 15.3. The second kappa shape index (κ2) is 4.89. The molecule has 8 heteroatoms. The summed E-state index contributed by atoms with van der Waals surface area (Å²) in [6.07, 6.45) is -1.59. The van der Waals surface area contributed by atoms with E-state index in [0.29, 0.717) is 0 Å². The molecule has 5 N–H and O–H groups in total. The van der Waals surface area contributed by atoms with Crippen LogP contribution in [0.4, 0.5) is 5.82 Å². The predicted molar refractivity (Wildman–Crippen MR) is 65.1 cm³/mol. The van der Waals surface area contributed by atoms with Gasteiger partial charge in [0.05, 0.1) is 19.3 Å². The van der Waals surface area contributed by atoms with Crippen LogP contribution in [0.15, 0.2) is 17.1 Å².